The molecule has 3 aliphatic rings. The van der Waals surface area contributed by atoms with Crippen LogP contribution >= 0.6 is 0 Å². The zero-order valence-electron chi connectivity index (χ0n) is 25.8. The Labute approximate surface area is 241 Å². The molecule has 3 aliphatic heterocycles. The molecule has 40 heavy (non-hydrogen) atoms. The SMILES string of the molecule is C=CCCCOC(=O)[C@H]1[C@H]2C(=O)N(CCCCO)C(C(=O)N(CC=C)C(C)(C)CC(C)(C)C)C23CC(C)[C@]1(C)O3. The summed E-state index contributed by atoms with van der Waals surface area (Å²) in [6.07, 6.45) is 7.21. The first-order chi connectivity index (χ1) is 18.6. The number of carbonyl (C=O) groups is 3. The number of fused-ring (bicyclic) bond motifs is 1. The van der Waals surface area contributed by atoms with Gasteiger partial charge in [-0.05, 0) is 70.6 Å². The van der Waals surface area contributed by atoms with Crippen LogP contribution in [0.2, 0.25) is 0 Å². The summed E-state index contributed by atoms with van der Waals surface area (Å²) in [5, 5.41) is 9.44. The molecule has 0 aromatic rings. The summed E-state index contributed by atoms with van der Waals surface area (Å²) < 4.78 is 12.5. The number of unbranched alkanes of at least 4 members (excludes halogenated alkanes) is 2. The molecule has 0 saturated carbocycles. The third-order valence-corrected chi connectivity index (χ3v) is 9.18. The van der Waals surface area contributed by atoms with Crippen LogP contribution < -0.4 is 0 Å². The summed E-state index contributed by atoms with van der Waals surface area (Å²) in [7, 11) is 0. The van der Waals surface area contributed by atoms with E-state index in [1.54, 1.807) is 17.1 Å². The number of likely N-dealkylation sites (tertiary alicyclic amines) is 1. The van der Waals surface area contributed by atoms with Gasteiger partial charge in [-0.1, -0.05) is 39.8 Å². The summed E-state index contributed by atoms with van der Waals surface area (Å²) in [6.45, 7) is 23.0. The number of allylic oxidation sites excluding steroid dienone is 1. The molecule has 3 fully saturated rings. The quantitative estimate of drug-likeness (QED) is 0.191. The van der Waals surface area contributed by atoms with Gasteiger partial charge in [0, 0.05) is 25.2 Å². The van der Waals surface area contributed by atoms with E-state index in [9.17, 15) is 19.5 Å². The van der Waals surface area contributed by atoms with Gasteiger partial charge >= 0.3 is 5.97 Å². The van der Waals surface area contributed by atoms with Gasteiger partial charge in [0.05, 0.1) is 18.1 Å². The molecular weight excluding hydrogens is 508 g/mol. The molecule has 3 heterocycles. The Morgan fingerprint density at radius 2 is 1.85 bits per heavy atom. The molecule has 8 nitrogen and oxygen atoms in total. The van der Waals surface area contributed by atoms with E-state index in [0.717, 1.165) is 12.8 Å². The number of hydrogen-bond donors (Lipinski definition) is 1. The van der Waals surface area contributed by atoms with E-state index in [0.29, 0.717) is 38.8 Å². The summed E-state index contributed by atoms with van der Waals surface area (Å²) in [5.41, 5.74) is -2.59. The maximum Gasteiger partial charge on any atom is 0.312 e. The fraction of sp³-hybridized carbons (Fsp3) is 0.781. The number of carbonyl (C=O) groups excluding carboxylic acids is 3. The van der Waals surface area contributed by atoms with Crippen molar-refractivity contribution < 1.29 is 29.0 Å². The second-order valence-electron chi connectivity index (χ2n) is 14.1. The highest BCUT2D eigenvalue weighted by molar-refractivity contribution is 5.98. The van der Waals surface area contributed by atoms with Gasteiger partial charge in [-0.3, -0.25) is 14.4 Å². The van der Waals surface area contributed by atoms with Crippen molar-refractivity contribution in [1.29, 1.82) is 0 Å². The number of rotatable bonds is 14. The molecule has 0 radical (unpaired) electrons. The molecular formula is C32H52N2O6. The van der Waals surface area contributed by atoms with Crippen LogP contribution in [0.5, 0.6) is 0 Å². The highest BCUT2D eigenvalue weighted by Gasteiger charge is 2.80. The number of ether oxygens (including phenoxy) is 2. The Kier molecular flexibility index (Phi) is 9.67. The Morgan fingerprint density at radius 3 is 2.42 bits per heavy atom. The number of aliphatic hydroxyl groups is 1. The molecule has 3 unspecified atom stereocenters. The average Bonchev–Trinajstić information content (AvgIpc) is 3.35. The number of hydrogen-bond acceptors (Lipinski definition) is 6. The highest BCUT2D eigenvalue weighted by Crippen LogP contribution is 2.65. The van der Waals surface area contributed by atoms with E-state index < -0.39 is 40.6 Å². The molecule has 2 bridgehead atoms. The van der Waals surface area contributed by atoms with E-state index in [4.69, 9.17) is 9.47 Å². The molecule has 0 aliphatic carbocycles. The first-order valence-electron chi connectivity index (χ1n) is 14.9. The molecule has 226 valence electrons. The Hall–Kier alpha value is -2.19. The van der Waals surface area contributed by atoms with E-state index in [1.165, 1.54) is 0 Å². The van der Waals surface area contributed by atoms with Crippen molar-refractivity contribution in [3.8, 4) is 0 Å². The van der Waals surface area contributed by atoms with E-state index in [-0.39, 0.29) is 36.4 Å². The third kappa shape index (κ3) is 5.76. The van der Waals surface area contributed by atoms with Gasteiger partial charge in [0.2, 0.25) is 11.8 Å². The molecule has 1 N–H and O–H groups in total. The molecule has 1 spiro atoms. The lowest BCUT2D eigenvalue weighted by molar-refractivity contribution is -0.163. The van der Waals surface area contributed by atoms with Crippen molar-refractivity contribution in [2.45, 2.75) is 110 Å². The lowest BCUT2D eigenvalue weighted by Crippen LogP contribution is -2.61. The van der Waals surface area contributed by atoms with Crippen molar-refractivity contribution in [2.24, 2.45) is 23.2 Å². The number of nitrogens with zero attached hydrogens (tertiary/aromatic N) is 2. The Morgan fingerprint density at radius 1 is 1.18 bits per heavy atom. The molecule has 6 atom stereocenters. The number of aliphatic hydroxyl groups excluding tert-OH is 1. The zero-order valence-corrected chi connectivity index (χ0v) is 25.8. The average molecular weight is 561 g/mol. The van der Waals surface area contributed by atoms with Crippen molar-refractivity contribution >= 4 is 17.8 Å². The fourth-order valence-electron chi connectivity index (χ4n) is 7.81. The summed E-state index contributed by atoms with van der Waals surface area (Å²) in [4.78, 5) is 46.1. The molecule has 3 rings (SSSR count). The minimum Gasteiger partial charge on any atom is -0.465 e. The Balaban J connectivity index is 2.07. The molecule has 0 aromatic carbocycles. The number of esters is 1. The summed E-state index contributed by atoms with van der Waals surface area (Å²) in [5.74, 6) is -2.47. The minimum atomic E-state index is -1.12. The standard InChI is InChI=1S/C32H52N2O6/c1-10-12-15-19-39-28(38)24-23-26(36)33(17-13-14-18-35)25(32(23)20-22(3)31(24,9)40-32)27(37)34(16-11-2)30(7,8)21-29(4,5)6/h10-11,22-25,35H,1-2,12-21H2,3-9H3/t22?,23-,24+,25?,31-,32?/m0/s1. The van der Waals surface area contributed by atoms with Gasteiger partial charge < -0.3 is 24.4 Å². The molecule has 0 aromatic heterocycles. The van der Waals surface area contributed by atoms with Crippen LogP contribution in [0.25, 0.3) is 0 Å². The van der Waals surface area contributed by atoms with Gasteiger partial charge in [-0.2, -0.15) is 0 Å². The first-order valence-corrected chi connectivity index (χ1v) is 14.9. The van der Waals surface area contributed by atoms with Crippen molar-refractivity contribution in [2.75, 3.05) is 26.3 Å². The maximum absolute atomic E-state index is 14.7. The van der Waals surface area contributed by atoms with E-state index in [1.807, 2.05) is 18.7 Å². The zero-order chi connectivity index (χ0) is 30.1. The highest BCUT2D eigenvalue weighted by atomic mass is 16.6. The van der Waals surface area contributed by atoms with E-state index >= 15 is 0 Å². The summed E-state index contributed by atoms with van der Waals surface area (Å²) >= 11 is 0. The second-order valence-corrected chi connectivity index (χ2v) is 14.1. The minimum absolute atomic E-state index is 0.00167. The predicted octanol–water partition coefficient (Wildman–Crippen LogP) is 4.51. The fourth-order valence-corrected chi connectivity index (χ4v) is 7.81. The van der Waals surface area contributed by atoms with Gasteiger partial charge in [0.25, 0.3) is 0 Å². The maximum atomic E-state index is 14.7. The van der Waals surface area contributed by atoms with Crippen molar-refractivity contribution in [1.82, 2.24) is 9.80 Å². The first kappa shape index (κ1) is 32.3. The van der Waals surface area contributed by atoms with Gasteiger partial charge in [-0.25, -0.2) is 0 Å². The van der Waals surface area contributed by atoms with Crippen LogP contribution in [0.4, 0.5) is 0 Å². The summed E-state index contributed by atoms with van der Waals surface area (Å²) in [6, 6.07) is -0.870. The van der Waals surface area contributed by atoms with Gasteiger partial charge in [-0.15, -0.1) is 13.2 Å². The van der Waals surface area contributed by atoms with Crippen molar-refractivity contribution in [3.63, 3.8) is 0 Å². The third-order valence-electron chi connectivity index (χ3n) is 9.18. The largest absolute Gasteiger partial charge is 0.465 e. The van der Waals surface area contributed by atoms with Crippen LogP contribution in [-0.2, 0) is 23.9 Å². The van der Waals surface area contributed by atoms with Gasteiger partial charge in [0.1, 0.15) is 17.6 Å². The van der Waals surface area contributed by atoms with Crippen LogP contribution in [-0.4, -0.2) is 81.8 Å². The van der Waals surface area contributed by atoms with E-state index in [2.05, 4.69) is 47.8 Å². The van der Waals surface area contributed by atoms with Crippen molar-refractivity contribution in [3.05, 3.63) is 25.3 Å². The van der Waals surface area contributed by atoms with Crippen LogP contribution in [0.1, 0.15) is 87.0 Å². The van der Waals surface area contributed by atoms with Crippen LogP contribution in [0.15, 0.2) is 25.3 Å². The van der Waals surface area contributed by atoms with Gasteiger partial charge in [0.15, 0.2) is 0 Å². The smallest absolute Gasteiger partial charge is 0.312 e. The lowest BCUT2D eigenvalue weighted by atomic mass is 9.62. The molecule has 3 saturated heterocycles. The second kappa shape index (κ2) is 12.0. The lowest BCUT2D eigenvalue weighted by Gasteiger charge is -2.45. The van der Waals surface area contributed by atoms with Crippen LogP contribution in [0.3, 0.4) is 0 Å². The number of amides is 2. The topological polar surface area (TPSA) is 96.4 Å². The predicted molar refractivity (Wildman–Crippen MR) is 155 cm³/mol. The monoisotopic (exact) mass is 560 g/mol. The molecule has 8 heteroatoms. The normalized spacial score (nSPS) is 31.3. The molecule has 2 amide bonds. The van der Waals surface area contributed by atoms with Crippen LogP contribution in [0, 0.1) is 23.2 Å². The Bertz CT molecular complexity index is 986.